The van der Waals surface area contributed by atoms with Crippen molar-refractivity contribution in [3.8, 4) is 44.8 Å². The third kappa shape index (κ3) is 5.85. The summed E-state index contributed by atoms with van der Waals surface area (Å²) in [5, 5.41) is -0.611. The molecular weight excluding hydrogens is 665 g/mol. The molecule has 0 N–H and O–H groups in total. The van der Waals surface area contributed by atoms with E-state index in [1.807, 2.05) is 0 Å². The fourth-order valence-corrected chi connectivity index (χ4v) is 6.20. The molecule has 0 aliphatic carbocycles. The molecule has 4 heteroatoms. The van der Waals surface area contributed by atoms with Crippen LogP contribution in [0.25, 0.3) is 76.1 Å². The van der Waals surface area contributed by atoms with E-state index >= 15 is 0 Å². The largest absolute Gasteiger partial charge is 0.436 e. The lowest BCUT2D eigenvalue weighted by Crippen LogP contribution is -2.09. The van der Waals surface area contributed by atoms with Crippen molar-refractivity contribution in [3.05, 3.63) is 193 Å². The number of rotatable bonds is 7. The van der Waals surface area contributed by atoms with Crippen LogP contribution >= 0.6 is 11.3 Å². The average molecular weight is 728 g/mol. The lowest BCUT2D eigenvalue weighted by molar-refractivity contribution is 0.620. The summed E-state index contributed by atoms with van der Waals surface area (Å²) < 4.78 is 280. The van der Waals surface area contributed by atoms with Gasteiger partial charge < -0.3 is 9.32 Å². The summed E-state index contributed by atoms with van der Waals surface area (Å²) in [6.45, 7) is 0. The van der Waals surface area contributed by atoms with Gasteiger partial charge in [-0.1, -0.05) is 121 Å². The highest BCUT2D eigenvalue weighted by Gasteiger charge is 2.16. The Morgan fingerprint density at radius 3 is 1.60 bits per heavy atom. The van der Waals surface area contributed by atoms with Crippen LogP contribution in [-0.2, 0) is 0 Å². The molecule has 0 fully saturated rings. The number of thiophene rings is 1. The highest BCUT2D eigenvalue weighted by Crippen LogP contribution is 2.42. The second kappa shape index (κ2) is 13.1. The first kappa shape index (κ1) is 12.7. The van der Waals surface area contributed by atoms with Gasteiger partial charge in [0.2, 0.25) is 5.89 Å². The van der Waals surface area contributed by atoms with Crippen LogP contribution < -0.4 is 4.90 Å². The lowest BCUT2D eigenvalue weighted by atomic mass is 10.0. The third-order valence-electron chi connectivity index (χ3n) is 7.63. The number of hydrogen-bond donors (Lipinski definition) is 0. The van der Waals surface area contributed by atoms with E-state index in [0.29, 0.717) is 16.2 Å². The van der Waals surface area contributed by atoms with Gasteiger partial charge in [0, 0.05) is 42.8 Å². The normalized spacial score (nSPS) is 19.6. The highest BCUT2D eigenvalue weighted by molar-refractivity contribution is 7.25. The molecule has 10 aromatic rings. The second-order valence-electron chi connectivity index (χ2n) is 10.8. The minimum atomic E-state index is -1.16. The van der Waals surface area contributed by atoms with Crippen molar-refractivity contribution in [2.75, 3.05) is 4.90 Å². The number of nitrogens with zero attached hydrogens (tertiary/aromatic N) is 2. The number of aromatic nitrogens is 1. The number of oxazole rings is 1. The summed E-state index contributed by atoms with van der Waals surface area (Å²) >= 11 is 0.582. The van der Waals surface area contributed by atoms with Crippen molar-refractivity contribution in [1.82, 2.24) is 4.98 Å². The zero-order valence-electron chi connectivity index (χ0n) is 57.3. The maximum atomic E-state index is 9.53. The van der Waals surface area contributed by atoms with Crippen LogP contribution in [0.15, 0.2) is 198 Å². The zero-order valence-corrected chi connectivity index (χ0v) is 27.1. The molecule has 53 heavy (non-hydrogen) atoms. The quantitative estimate of drug-likeness (QED) is 0.164. The molecule has 2 heterocycles. The van der Waals surface area contributed by atoms with Crippen molar-refractivity contribution in [2.24, 2.45) is 0 Å². The molecule has 3 nitrogen and oxygen atoms in total. The molecule has 0 saturated carbocycles. The summed E-state index contributed by atoms with van der Waals surface area (Å²) in [7, 11) is 0. The maximum absolute atomic E-state index is 9.53. The molecule has 0 unspecified atom stereocenters. The van der Waals surface area contributed by atoms with Crippen molar-refractivity contribution in [1.29, 1.82) is 0 Å². The van der Waals surface area contributed by atoms with Gasteiger partial charge in [-0.2, -0.15) is 0 Å². The minimum Gasteiger partial charge on any atom is -0.436 e. The maximum Gasteiger partial charge on any atom is 0.227 e. The topological polar surface area (TPSA) is 29.3 Å². The van der Waals surface area contributed by atoms with Gasteiger partial charge in [-0.05, 0) is 106 Å². The predicted molar refractivity (Wildman–Crippen MR) is 223 cm³/mol. The van der Waals surface area contributed by atoms with E-state index in [1.165, 1.54) is 0 Å². The Kier molecular flexibility index (Phi) is 3.15. The van der Waals surface area contributed by atoms with Gasteiger partial charge in [0.1, 0.15) is 5.52 Å². The SMILES string of the molecule is [2H]c1c([2H])c([2H])c(-c2c([2H])c([2H])c(N(c3cc4c(sc5c([2H])c(-c6c([2H])c([2H])c(-c7nc8c([2H])c([2H])c([2H])c([2H])c8o7)c([2H])c6[2H])c([2H])c([2H])c54)c([2H])c3[2H])c3c([2H])c([2H])c(-c4c([2H])c([2H])c([2H])c([2H])c4[2H])c([2H])c3[2H])c([2H])c2[2H])c([2H])c1[2H]. The molecule has 250 valence electrons. The van der Waals surface area contributed by atoms with E-state index in [0.717, 1.165) is 6.07 Å². The van der Waals surface area contributed by atoms with Crippen molar-refractivity contribution >= 4 is 59.7 Å². The predicted octanol–water partition coefficient (Wildman–Crippen LogP) is 14.3. The lowest BCUT2D eigenvalue weighted by Gasteiger charge is -2.26. The Balaban J connectivity index is 1.27. The fourth-order valence-electron chi connectivity index (χ4n) is 5.20. The molecule has 0 saturated heterocycles. The molecular formula is C49H32N2OS. The number of hydrogen-bond acceptors (Lipinski definition) is 4. The number of benzene rings is 8. The van der Waals surface area contributed by atoms with Gasteiger partial charge in [-0.3, -0.25) is 0 Å². The Morgan fingerprint density at radius 1 is 0.434 bits per heavy atom. The number of anilines is 3. The fraction of sp³-hybridized carbons (Fsp3) is 0. The van der Waals surface area contributed by atoms with Crippen LogP contribution in [-0.4, -0.2) is 4.98 Å². The van der Waals surface area contributed by atoms with Crippen LogP contribution in [0, 0.1) is 0 Å². The number of fused-ring (bicyclic) bond motifs is 4. The van der Waals surface area contributed by atoms with Crippen LogP contribution in [0.4, 0.5) is 17.1 Å². The third-order valence-corrected chi connectivity index (χ3v) is 8.66. The summed E-state index contributed by atoms with van der Waals surface area (Å²) in [6, 6.07) is -27.5. The van der Waals surface area contributed by atoms with E-state index in [4.69, 9.17) is 29.1 Å². The van der Waals surface area contributed by atoms with Crippen molar-refractivity contribution < 1.29 is 46.9 Å². The first-order valence-electron chi connectivity index (χ1n) is 30.8. The Labute approximate surface area is 355 Å². The van der Waals surface area contributed by atoms with Gasteiger partial charge in [0.15, 0.2) is 5.58 Å². The van der Waals surface area contributed by atoms with E-state index in [9.17, 15) is 17.8 Å². The van der Waals surface area contributed by atoms with E-state index in [-0.39, 0.29) is 25.7 Å². The van der Waals surface area contributed by atoms with E-state index in [1.54, 1.807) is 0 Å². The van der Waals surface area contributed by atoms with Crippen LogP contribution in [0.1, 0.15) is 42.5 Å². The monoisotopic (exact) mass is 727 g/mol. The molecule has 8 aromatic carbocycles. The molecule has 0 bridgehead atoms. The van der Waals surface area contributed by atoms with Gasteiger partial charge in [0.25, 0.3) is 0 Å². The smallest absolute Gasteiger partial charge is 0.227 e. The molecule has 2 aromatic heterocycles. The molecule has 0 aliphatic rings. The highest BCUT2D eigenvalue weighted by atomic mass is 32.1. The zero-order chi connectivity index (χ0) is 62.1. The summed E-state index contributed by atoms with van der Waals surface area (Å²) in [5.74, 6) is -0.631. The molecule has 0 aliphatic heterocycles. The molecule has 0 radical (unpaired) electrons. The van der Waals surface area contributed by atoms with Gasteiger partial charge in [-0.15, -0.1) is 11.3 Å². The van der Waals surface area contributed by atoms with Gasteiger partial charge in [-0.25, -0.2) is 4.98 Å². The van der Waals surface area contributed by atoms with Crippen LogP contribution in [0.2, 0.25) is 0 Å². The minimum absolute atomic E-state index is 0.218. The average Bonchev–Trinajstić information content (AvgIpc) is 1.48. The van der Waals surface area contributed by atoms with Crippen molar-refractivity contribution in [2.45, 2.75) is 0 Å². The van der Waals surface area contributed by atoms with Gasteiger partial charge >= 0.3 is 0 Å². The van der Waals surface area contributed by atoms with E-state index in [2.05, 4.69) is 4.98 Å². The van der Waals surface area contributed by atoms with Crippen LogP contribution in [0.3, 0.4) is 0 Å². The van der Waals surface area contributed by atoms with Crippen molar-refractivity contribution in [3.63, 3.8) is 0 Å². The second-order valence-corrected chi connectivity index (χ2v) is 11.8. The Morgan fingerprint density at radius 2 is 0.943 bits per heavy atom. The molecule has 0 spiro atoms. The Hall–Kier alpha value is -6.75. The first-order valence-corrected chi connectivity index (χ1v) is 16.1. The first-order chi connectivity index (χ1) is 39.2. The molecule has 10 rings (SSSR count). The summed E-state index contributed by atoms with van der Waals surface area (Å²) in [6.07, 6.45) is 0. The van der Waals surface area contributed by atoms with Gasteiger partial charge in [0.05, 0.1) is 42.5 Å². The Bertz CT molecular complexity index is 4380. The summed E-state index contributed by atoms with van der Waals surface area (Å²) in [4.78, 5) is 4.60. The number of para-hydroxylation sites is 2. The van der Waals surface area contributed by atoms with Crippen LogP contribution in [0.5, 0.6) is 0 Å². The summed E-state index contributed by atoms with van der Waals surface area (Å²) in [5.41, 5.74) is -8.78. The molecule has 0 amide bonds. The standard InChI is InChI=1S/C49H32N2OS/c1-3-9-33(10-4-1)35-19-24-40(25-20-35)51(41-26-21-36(22-27-41)34-11-5-2-6-12-34)42-28-30-47-44(32-42)43-29-23-39(31-48(43)53-47)37-15-17-38(18-16-37)49-50-45-13-7-8-14-46(45)52-49/h1-32H/i1D,2D,3D,4D,5D,6D,7D,8D,9D,10D,11D,12D,13D,14D,15D,16D,17D,18D,19D,20D,21D,22D,23D,24D,25D,26D,27D,28D,29D,30D,31D. The molecule has 0 atom stereocenters. The van der Waals surface area contributed by atoms with E-state index < -0.39 is 255 Å².